The third-order valence-electron chi connectivity index (χ3n) is 6.83. The summed E-state index contributed by atoms with van der Waals surface area (Å²) >= 11 is 4.80. The van der Waals surface area contributed by atoms with Crippen molar-refractivity contribution in [1.82, 2.24) is 0 Å². The van der Waals surface area contributed by atoms with E-state index < -0.39 is 23.2 Å². The van der Waals surface area contributed by atoms with Gasteiger partial charge in [0.25, 0.3) is 0 Å². The fraction of sp³-hybridized carbons (Fsp3) is 0.0667. The van der Waals surface area contributed by atoms with Crippen molar-refractivity contribution in [2.45, 2.75) is 7.25 Å². The average Bonchev–Trinajstić information content (AvgIpc) is 3.40. The minimum atomic E-state index is -1.00. The monoisotopic (exact) mass is 582 g/mol. The summed E-state index contributed by atoms with van der Waals surface area (Å²) in [5.41, 5.74) is 8.83. The van der Waals surface area contributed by atoms with Crippen LogP contribution >= 0.6 is 27.3 Å². The molecule has 0 spiro atoms. The molecule has 4 aromatic carbocycles. The molecule has 2 unspecified atom stereocenters. The smallest absolute Gasteiger partial charge is 1.00 e. The first-order valence-electron chi connectivity index (χ1n) is 11.2. The summed E-state index contributed by atoms with van der Waals surface area (Å²) in [6.07, 6.45) is 2.45. The van der Waals surface area contributed by atoms with Gasteiger partial charge in [-0.25, -0.2) is 0 Å². The molecule has 1 aromatic heterocycles. The van der Waals surface area contributed by atoms with Gasteiger partial charge < -0.3 is 2.85 Å². The van der Waals surface area contributed by atoms with E-state index in [1.807, 2.05) is 11.3 Å². The summed E-state index contributed by atoms with van der Waals surface area (Å²) in [6.45, 7) is 0. The number of fused-ring (bicyclic) bond motifs is 6. The Morgan fingerprint density at radius 2 is 1.52 bits per heavy atom. The summed E-state index contributed by atoms with van der Waals surface area (Å²) in [5, 5.41) is 2.83. The molecule has 0 radical (unpaired) electrons. The van der Waals surface area contributed by atoms with Crippen molar-refractivity contribution in [2.75, 3.05) is 0 Å². The molecule has 0 saturated carbocycles. The number of hydrogen-bond acceptors (Lipinski definition) is 1. The van der Waals surface area contributed by atoms with Crippen LogP contribution in [0.2, 0.25) is 0 Å². The molecular weight excluding hydrogens is 564 g/mol. The second-order valence-corrected chi connectivity index (χ2v) is 14.4. The van der Waals surface area contributed by atoms with E-state index in [1.165, 1.54) is 52.5 Å². The SMILES string of the molecule is Brc1cccc2c1[CH]([Zr+2][CH]1c3cc4cc(ccc41)sc1cccc3c1)C(c1ccccc1)=C2.[H-].[H-]. The Labute approximate surface area is 220 Å². The van der Waals surface area contributed by atoms with Gasteiger partial charge in [0.15, 0.2) is 0 Å². The summed E-state index contributed by atoms with van der Waals surface area (Å²) in [4.78, 5) is 0. The zero-order valence-electron chi connectivity index (χ0n) is 19.8. The van der Waals surface area contributed by atoms with E-state index in [0.29, 0.717) is 7.25 Å². The fourth-order valence-corrected chi connectivity index (χ4v) is 12.6. The maximum atomic E-state index is 3.92. The second kappa shape index (κ2) is 8.01. The average molecular weight is 585 g/mol. The van der Waals surface area contributed by atoms with E-state index in [0.717, 1.165) is 0 Å². The van der Waals surface area contributed by atoms with Crippen LogP contribution in [0, 0.1) is 0 Å². The minimum Gasteiger partial charge on any atom is -1.00 e. The van der Waals surface area contributed by atoms with Crippen LogP contribution in [-0.2, 0) is 23.2 Å². The normalized spacial score (nSPS) is 17.9. The van der Waals surface area contributed by atoms with Gasteiger partial charge in [-0.1, -0.05) is 0 Å². The Balaban J connectivity index is 0.00000127. The number of benzene rings is 4. The summed E-state index contributed by atoms with van der Waals surface area (Å²) < 4.78 is 5.00. The summed E-state index contributed by atoms with van der Waals surface area (Å²) in [6, 6.07) is 36.5. The molecule has 33 heavy (non-hydrogen) atoms. The summed E-state index contributed by atoms with van der Waals surface area (Å²) in [7, 11) is 0. The molecule has 5 bridgehead atoms. The Morgan fingerprint density at radius 3 is 2.42 bits per heavy atom. The first-order chi connectivity index (χ1) is 16.2. The van der Waals surface area contributed by atoms with Gasteiger partial charge in [-0.3, -0.25) is 0 Å². The van der Waals surface area contributed by atoms with Crippen molar-refractivity contribution in [1.29, 1.82) is 0 Å². The van der Waals surface area contributed by atoms with Crippen LogP contribution in [0.25, 0.3) is 31.8 Å². The zero-order valence-corrected chi connectivity index (χ0v) is 22.6. The largest absolute Gasteiger partial charge is 1.00 e. The van der Waals surface area contributed by atoms with Gasteiger partial charge >= 0.3 is 219 Å². The molecule has 0 saturated heterocycles. The Bertz CT molecular complexity index is 1610. The Hall–Kier alpha value is -2.06. The molecular formula is C30H21BrSZr. The van der Waals surface area contributed by atoms with E-state index in [-0.39, 0.29) is 2.85 Å². The molecule has 1 heterocycles. The molecule has 0 aliphatic heterocycles. The summed E-state index contributed by atoms with van der Waals surface area (Å²) in [5.74, 6) is 0. The first-order valence-corrected chi connectivity index (χ1v) is 15.6. The zero-order chi connectivity index (χ0) is 21.9. The van der Waals surface area contributed by atoms with Crippen LogP contribution in [0.3, 0.4) is 0 Å². The van der Waals surface area contributed by atoms with E-state index in [9.17, 15) is 0 Å². The van der Waals surface area contributed by atoms with Crippen LogP contribution in [-0.4, -0.2) is 0 Å². The van der Waals surface area contributed by atoms with Crippen molar-refractivity contribution in [2.24, 2.45) is 0 Å². The van der Waals surface area contributed by atoms with Gasteiger partial charge in [0.05, 0.1) is 0 Å². The molecule has 0 nitrogen and oxygen atoms in total. The van der Waals surface area contributed by atoms with Gasteiger partial charge in [-0.05, 0) is 0 Å². The maximum absolute atomic E-state index is 3.92. The third kappa shape index (κ3) is 3.40. The van der Waals surface area contributed by atoms with Gasteiger partial charge in [0.1, 0.15) is 0 Å². The van der Waals surface area contributed by atoms with E-state index in [1.54, 1.807) is 5.56 Å². The number of halogens is 1. The number of hydrogen-bond donors (Lipinski definition) is 0. The topological polar surface area (TPSA) is 0 Å². The molecule has 7 rings (SSSR count). The first kappa shape index (κ1) is 20.3. The molecule has 5 aromatic rings. The van der Waals surface area contributed by atoms with Crippen molar-refractivity contribution in [3.8, 4) is 0 Å². The van der Waals surface area contributed by atoms with Gasteiger partial charge in [-0.15, -0.1) is 0 Å². The van der Waals surface area contributed by atoms with Crippen LogP contribution in [0.4, 0.5) is 0 Å². The predicted molar refractivity (Wildman–Crippen MR) is 143 cm³/mol. The molecule has 2 atom stereocenters. The molecule has 2 aliphatic carbocycles. The van der Waals surface area contributed by atoms with E-state index in [2.05, 4.69) is 119 Å². The predicted octanol–water partition coefficient (Wildman–Crippen LogP) is 9.38. The van der Waals surface area contributed by atoms with Crippen molar-refractivity contribution >= 4 is 59.1 Å². The molecule has 0 N–H and O–H groups in total. The third-order valence-corrected chi connectivity index (χ3v) is 13.1. The molecule has 0 amide bonds. The van der Waals surface area contributed by atoms with Gasteiger partial charge in [0.2, 0.25) is 0 Å². The van der Waals surface area contributed by atoms with Crippen molar-refractivity contribution in [3.05, 3.63) is 129 Å². The van der Waals surface area contributed by atoms with Crippen LogP contribution in [0.1, 0.15) is 37.9 Å². The quantitative estimate of drug-likeness (QED) is 0.198. The fourth-order valence-electron chi connectivity index (χ4n) is 5.34. The maximum Gasteiger partial charge on any atom is -1.00 e. The molecule has 3 heteroatoms. The minimum absolute atomic E-state index is 0. The second-order valence-electron chi connectivity index (χ2n) is 8.76. The van der Waals surface area contributed by atoms with Crippen LogP contribution < -0.4 is 0 Å². The standard InChI is InChI=1S/C15H10Br.C15H9S.Zr.2H/c16-15-8-4-7-12-9-13(10-14(12)15)11-5-2-1-3-6-11;1-2-10-8-14(3-1)16-15-5-4-11-6-12(10)7-13(11)9-15;;;/h1-10H;1-9H;;;/q;;+2;2*-1. The molecule has 2 aliphatic rings. The molecule has 158 valence electrons. The van der Waals surface area contributed by atoms with Crippen LogP contribution in [0.5, 0.6) is 0 Å². The van der Waals surface area contributed by atoms with Crippen molar-refractivity contribution in [3.63, 3.8) is 0 Å². The van der Waals surface area contributed by atoms with Crippen LogP contribution in [0.15, 0.2) is 102 Å². The number of allylic oxidation sites excluding steroid dienone is 1. The Morgan fingerprint density at radius 1 is 0.697 bits per heavy atom. The van der Waals surface area contributed by atoms with E-state index >= 15 is 0 Å². The van der Waals surface area contributed by atoms with Gasteiger partial charge in [-0.2, -0.15) is 0 Å². The Kier molecular flexibility index (Phi) is 4.94. The molecule has 0 fully saturated rings. The van der Waals surface area contributed by atoms with E-state index in [4.69, 9.17) is 0 Å². The van der Waals surface area contributed by atoms with Crippen molar-refractivity contribution < 1.29 is 26.1 Å². The number of rotatable bonds is 3. The van der Waals surface area contributed by atoms with Gasteiger partial charge in [0, 0.05) is 0 Å².